The predicted octanol–water partition coefficient (Wildman–Crippen LogP) is 4.62. The van der Waals surface area contributed by atoms with E-state index in [1.54, 1.807) is 32.1 Å². The third-order valence-corrected chi connectivity index (χ3v) is 7.40. The molecule has 4 bridgehead atoms. The minimum Gasteiger partial charge on any atom is -0.314 e. The molecule has 0 amide bonds. The van der Waals surface area contributed by atoms with Gasteiger partial charge in [0.05, 0.1) is 0 Å². The van der Waals surface area contributed by atoms with Crippen LogP contribution in [0.2, 0.25) is 0 Å². The fraction of sp³-hybridized carbons (Fsp3) is 1.00. The molecule has 0 saturated heterocycles. The van der Waals surface area contributed by atoms with Gasteiger partial charge >= 0.3 is 0 Å². The maximum Gasteiger partial charge on any atom is 0.00130 e. The monoisotopic (exact) mass is 275 g/mol. The summed E-state index contributed by atoms with van der Waals surface area (Å²) in [5.74, 6) is 5.57. The first kappa shape index (κ1) is 13.6. The highest BCUT2D eigenvalue weighted by Crippen LogP contribution is 2.63. The topological polar surface area (TPSA) is 12.0 Å². The van der Waals surface area contributed by atoms with Crippen LogP contribution in [0.5, 0.6) is 0 Å². The van der Waals surface area contributed by atoms with Crippen LogP contribution in [0.25, 0.3) is 0 Å². The van der Waals surface area contributed by atoms with E-state index in [-0.39, 0.29) is 0 Å². The number of rotatable bonds is 4. The Kier molecular flexibility index (Phi) is 3.41. The van der Waals surface area contributed by atoms with Gasteiger partial charge in [0.1, 0.15) is 0 Å². The zero-order chi connectivity index (χ0) is 13.7. The van der Waals surface area contributed by atoms with Gasteiger partial charge in [-0.2, -0.15) is 0 Å². The molecular formula is C19H33N. The maximum absolute atomic E-state index is 3.84. The lowest BCUT2D eigenvalue weighted by Gasteiger charge is -2.59. The average molecular weight is 275 g/mol. The lowest BCUT2D eigenvalue weighted by atomic mass is 9.46. The molecule has 114 valence electrons. The summed E-state index contributed by atoms with van der Waals surface area (Å²) in [6.07, 6.45) is 14.0. The number of hydrogen-bond donors (Lipinski definition) is 1. The Morgan fingerprint density at radius 1 is 0.900 bits per heavy atom. The highest BCUT2D eigenvalue weighted by atomic mass is 14.9. The van der Waals surface area contributed by atoms with Gasteiger partial charge in [0.25, 0.3) is 0 Å². The summed E-state index contributed by atoms with van der Waals surface area (Å²) in [5, 5.41) is 3.84. The third-order valence-electron chi connectivity index (χ3n) is 7.40. The summed E-state index contributed by atoms with van der Waals surface area (Å²) >= 11 is 0. The van der Waals surface area contributed by atoms with Gasteiger partial charge in [0.2, 0.25) is 0 Å². The van der Waals surface area contributed by atoms with Crippen molar-refractivity contribution in [1.82, 2.24) is 5.32 Å². The van der Waals surface area contributed by atoms with Crippen molar-refractivity contribution in [3.63, 3.8) is 0 Å². The molecule has 1 N–H and O–H groups in total. The van der Waals surface area contributed by atoms with Crippen molar-refractivity contribution in [2.24, 2.45) is 35.0 Å². The molecule has 0 unspecified atom stereocenters. The fourth-order valence-electron chi connectivity index (χ4n) is 7.04. The molecule has 1 heteroatoms. The van der Waals surface area contributed by atoms with Crippen LogP contribution in [-0.4, -0.2) is 12.6 Å². The van der Waals surface area contributed by atoms with Gasteiger partial charge in [-0.15, -0.1) is 0 Å². The molecule has 0 aromatic heterocycles. The van der Waals surface area contributed by atoms with Gasteiger partial charge in [0.15, 0.2) is 0 Å². The highest BCUT2D eigenvalue weighted by molar-refractivity contribution is 5.06. The van der Waals surface area contributed by atoms with Crippen LogP contribution in [0.3, 0.4) is 0 Å². The first-order valence-corrected chi connectivity index (χ1v) is 9.40. The quantitative estimate of drug-likeness (QED) is 0.789. The summed E-state index contributed by atoms with van der Waals surface area (Å²) in [6, 6.07) is 0.657. The molecule has 0 aromatic rings. The zero-order valence-electron chi connectivity index (χ0n) is 13.5. The van der Waals surface area contributed by atoms with Crippen molar-refractivity contribution >= 4 is 0 Å². The molecule has 20 heavy (non-hydrogen) atoms. The van der Waals surface area contributed by atoms with E-state index < -0.39 is 0 Å². The van der Waals surface area contributed by atoms with Crippen molar-refractivity contribution in [2.45, 2.75) is 77.7 Å². The Morgan fingerprint density at radius 2 is 1.45 bits per heavy atom. The van der Waals surface area contributed by atoms with Gasteiger partial charge in [-0.3, -0.25) is 0 Å². The number of nitrogens with one attached hydrogen (secondary N) is 1. The molecule has 0 spiro atoms. The van der Waals surface area contributed by atoms with E-state index in [4.69, 9.17) is 0 Å². The molecule has 5 aliphatic rings. The summed E-state index contributed by atoms with van der Waals surface area (Å²) in [4.78, 5) is 0. The molecule has 0 radical (unpaired) electrons. The van der Waals surface area contributed by atoms with E-state index in [0.717, 1.165) is 29.6 Å². The van der Waals surface area contributed by atoms with Gasteiger partial charge in [-0.1, -0.05) is 26.7 Å². The smallest absolute Gasteiger partial charge is 0.00130 e. The summed E-state index contributed by atoms with van der Waals surface area (Å²) < 4.78 is 0. The number of hydrogen-bond acceptors (Lipinski definition) is 1. The highest BCUT2D eigenvalue weighted by Gasteiger charge is 2.55. The summed E-state index contributed by atoms with van der Waals surface area (Å²) in [6.45, 7) is 5.96. The van der Waals surface area contributed by atoms with E-state index in [1.165, 1.54) is 32.2 Å². The largest absolute Gasteiger partial charge is 0.314 e. The van der Waals surface area contributed by atoms with E-state index >= 15 is 0 Å². The third kappa shape index (κ3) is 2.16. The van der Waals surface area contributed by atoms with Crippen LogP contribution in [-0.2, 0) is 0 Å². The minimum absolute atomic E-state index is 0.657. The van der Waals surface area contributed by atoms with Gasteiger partial charge in [0, 0.05) is 12.6 Å². The second-order valence-electron chi connectivity index (χ2n) is 9.06. The summed E-state index contributed by atoms with van der Waals surface area (Å²) in [7, 11) is 0. The summed E-state index contributed by atoms with van der Waals surface area (Å²) in [5.41, 5.74) is 0.687. The van der Waals surface area contributed by atoms with Crippen LogP contribution in [0, 0.1) is 35.0 Å². The van der Waals surface area contributed by atoms with E-state index in [0.29, 0.717) is 11.5 Å². The van der Waals surface area contributed by atoms with Crippen molar-refractivity contribution < 1.29 is 0 Å². The molecule has 5 fully saturated rings. The first-order valence-electron chi connectivity index (χ1n) is 9.40. The average Bonchev–Trinajstić information content (AvgIpc) is 2.85. The van der Waals surface area contributed by atoms with Gasteiger partial charge in [-0.05, 0) is 80.0 Å². The van der Waals surface area contributed by atoms with Crippen LogP contribution >= 0.6 is 0 Å². The Balaban J connectivity index is 1.57. The van der Waals surface area contributed by atoms with Crippen LogP contribution in [0.1, 0.15) is 71.6 Å². The standard InChI is InChI=1S/C19H33N/c1-13(2)20-12-19(5-3-4-6-19)18-16-8-14-7-15(10-16)11-17(18)9-14/h13-18,20H,3-12H2,1-2H3. The molecule has 0 heterocycles. The van der Waals surface area contributed by atoms with Gasteiger partial charge < -0.3 is 5.32 Å². The molecule has 5 rings (SSSR count). The maximum atomic E-state index is 3.84. The lowest BCUT2D eigenvalue weighted by molar-refractivity contribution is -0.0954. The van der Waals surface area contributed by atoms with Crippen molar-refractivity contribution in [3.8, 4) is 0 Å². The molecule has 1 nitrogen and oxygen atoms in total. The van der Waals surface area contributed by atoms with E-state index in [1.807, 2.05) is 0 Å². The Labute approximate surface area is 125 Å². The van der Waals surface area contributed by atoms with Crippen molar-refractivity contribution in [3.05, 3.63) is 0 Å². The van der Waals surface area contributed by atoms with Crippen LogP contribution < -0.4 is 5.32 Å². The van der Waals surface area contributed by atoms with E-state index in [2.05, 4.69) is 19.2 Å². The Bertz CT molecular complexity index is 325. The second kappa shape index (κ2) is 5.00. The fourth-order valence-corrected chi connectivity index (χ4v) is 7.04. The van der Waals surface area contributed by atoms with E-state index in [9.17, 15) is 0 Å². The minimum atomic E-state index is 0.657. The molecule has 0 aromatic carbocycles. The van der Waals surface area contributed by atoms with Crippen LogP contribution in [0.15, 0.2) is 0 Å². The molecule has 0 atom stereocenters. The molecule has 5 saturated carbocycles. The predicted molar refractivity (Wildman–Crippen MR) is 84.6 cm³/mol. The normalized spacial score (nSPS) is 45.5. The van der Waals surface area contributed by atoms with Crippen LogP contribution in [0.4, 0.5) is 0 Å². The molecule has 5 aliphatic carbocycles. The Morgan fingerprint density at radius 3 is 1.95 bits per heavy atom. The second-order valence-corrected chi connectivity index (χ2v) is 9.06. The van der Waals surface area contributed by atoms with Crippen molar-refractivity contribution in [2.75, 3.05) is 6.54 Å². The first-order chi connectivity index (χ1) is 9.66. The molecule has 0 aliphatic heterocycles. The lowest BCUT2D eigenvalue weighted by Crippen LogP contribution is -2.54. The zero-order valence-corrected chi connectivity index (χ0v) is 13.5. The van der Waals surface area contributed by atoms with Crippen molar-refractivity contribution in [1.29, 1.82) is 0 Å². The van der Waals surface area contributed by atoms with Gasteiger partial charge in [-0.25, -0.2) is 0 Å². The molecular weight excluding hydrogens is 242 g/mol. The SMILES string of the molecule is CC(C)NCC1(C2C3CC4CC(C3)CC2C4)CCCC1. The Hall–Kier alpha value is -0.0400.